The smallest absolute Gasteiger partial charge is 0.349 e. The first-order chi connectivity index (χ1) is 6.04. The maximum Gasteiger partial charge on any atom is 0.349 e. The van der Waals surface area contributed by atoms with Crippen LogP contribution in [0.2, 0.25) is 0 Å². The van der Waals surface area contributed by atoms with Gasteiger partial charge in [0.05, 0.1) is 6.61 Å². The van der Waals surface area contributed by atoms with Crippen molar-refractivity contribution in [1.29, 1.82) is 0 Å². The van der Waals surface area contributed by atoms with Gasteiger partial charge in [-0.2, -0.15) is 4.58 Å². The highest BCUT2D eigenvalue weighted by Crippen LogP contribution is 2.03. The van der Waals surface area contributed by atoms with Gasteiger partial charge in [0, 0.05) is 0 Å². The van der Waals surface area contributed by atoms with Crippen LogP contribution >= 0.6 is 0 Å². The zero-order chi connectivity index (χ0) is 10.4. The van der Waals surface area contributed by atoms with Crippen LogP contribution < -0.4 is 5.26 Å². The van der Waals surface area contributed by atoms with Crippen molar-refractivity contribution >= 4 is 6.29 Å². The van der Waals surface area contributed by atoms with Crippen LogP contribution in [0.1, 0.15) is 0 Å². The second-order valence-electron chi connectivity index (χ2n) is 2.45. The summed E-state index contributed by atoms with van der Waals surface area (Å²) in [5.41, 5.74) is 0. The first kappa shape index (κ1) is 12.3. The summed E-state index contributed by atoms with van der Waals surface area (Å²) in [5.74, 6) is 0. The summed E-state index contributed by atoms with van der Waals surface area (Å²) in [5, 5.41) is 53.5. The predicted octanol–water partition coefficient (Wildman–Crippen LogP) is -4.57. The van der Waals surface area contributed by atoms with E-state index in [1.54, 1.807) is 0 Å². The van der Waals surface area contributed by atoms with E-state index < -0.39 is 31.0 Å². The summed E-state index contributed by atoms with van der Waals surface area (Å²) in [7, 11) is 0. The van der Waals surface area contributed by atoms with Gasteiger partial charge in [0.15, 0.2) is 6.10 Å². The summed E-state index contributed by atoms with van der Waals surface area (Å²) in [6.45, 7) is -0.775. The van der Waals surface area contributed by atoms with Crippen molar-refractivity contribution < 1.29 is 35.4 Å². The van der Waals surface area contributed by atoms with Crippen LogP contribution in [0.4, 0.5) is 0 Å². The highest BCUT2D eigenvalue weighted by Gasteiger charge is 2.31. The largest absolute Gasteiger partial charge is 0.463 e. The Kier molecular flexibility index (Phi) is 5.51. The van der Waals surface area contributed by atoms with E-state index in [2.05, 4.69) is 4.58 Å². The zero-order valence-electron chi connectivity index (χ0n) is 6.65. The van der Waals surface area contributed by atoms with Gasteiger partial charge < -0.3 is 30.8 Å². The third-order valence-corrected chi connectivity index (χ3v) is 1.48. The van der Waals surface area contributed by atoms with Gasteiger partial charge in [0.2, 0.25) is 0 Å². The minimum Gasteiger partial charge on any atom is -0.463 e. The van der Waals surface area contributed by atoms with Gasteiger partial charge in [-0.3, -0.25) is 0 Å². The molecule has 0 fully saturated rings. The molecule has 0 aliphatic heterocycles. The van der Waals surface area contributed by atoms with Crippen molar-refractivity contribution in [2.45, 2.75) is 24.4 Å². The van der Waals surface area contributed by atoms with E-state index in [4.69, 9.17) is 25.5 Å². The predicted molar refractivity (Wildman–Crippen MR) is 37.2 cm³/mol. The first-order valence-corrected chi connectivity index (χ1v) is 3.49. The molecule has 0 aromatic rings. The van der Waals surface area contributed by atoms with Gasteiger partial charge in [-0.1, -0.05) is 0 Å². The molecule has 0 bridgehead atoms. The van der Waals surface area contributed by atoms with Crippen LogP contribution in [0.3, 0.4) is 0 Å². The lowest BCUT2D eigenvalue weighted by atomic mass is 10.0. The molecule has 0 unspecified atom stereocenters. The molecule has 0 heterocycles. The summed E-state index contributed by atoms with van der Waals surface area (Å²) >= 11 is 0. The third-order valence-electron chi connectivity index (χ3n) is 1.48. The molecular weight excluding hydrogens is 184 g/mol. The molecule has 5 N–H and O–H groups in total. The molecule has 0 saturated carbocycles. The molecule has 0 saturated heterocycles. The Balaban J connectivity index is 4.15. The van der Waals surface area contributed by atoms with Gasteiger partial charge in [0.1, 0.15) is 18.3 Å². The van der Waals surface area contributed by atoms with E-state index in [1.165, 1.54) is 0 Å². The van der Waals surface area contributed by atoms with Gasteiger partial charge in [0.25, 0.3) is 0 Å². The van der Waals surface area contributed by atoms with E-state index in [1.807, 2.05) is 0 Å². The fraction of sp³-hybridized carbons (Fsp3) is 0.833. The lowest BCUT2D eigenvalue weighted by Crippen LogP contribution is -2.46. The Bertz CT molecular complexity index is 159. The second kappa shape index (κ2) is 5.84. The van der Waals surface area contributed by atoms with Crippen molar-refractivity contribution in [2.24, 2.45) is 0 Å². The Morgan fingerprint density at radius 2 is 1.69 bits per heavy atom. The van der Waals surface area contributed by atoms with E-state index in [9.17, 15) is 5.26 Å². The summed E-state index contributed by atoms with van der Waals surface area (Å²) in [6.07, 6.45) is -6.53. The summed E-state index contributed by atoms with van der Waals surface area (Å²) in [4.78, 5) is 0. The second-order valence-corrected chi connectivity index (χ2v) is 2.45. The quantitative estimate of drug-likeness (QED) is 0.130. The van der Waals surface area contributed by atoms with Crippen LogP contribution in [0.5, 0.6) is 0 Å². The molecule has 7 heteroatoms. The monoisotopic (exact) mass is 196 g/mol. The first-order valence-electron chi connectivity index (χ1n) is 3.49. The molecule has 0 amide bonds. The van der Waals surface area contributed by atoms with Crippen molar-refractivity contribution in [3.8, 4) is 0 Å². The van der Waals surface area contributed by atoms with Gasteiger partial charge >= 0.3 is 6.29 Å². The number of hydrogen-bond donors (Lipinski definition) is 5. The third kappa shape index (κ3) is 3.66. The van der Waals surface area contributed by atoms with Gasteiger partial charge in [-0.15, -0.1) is 0 Å². The van der Waals surface area contributed by atoms with Crippen LogP contribution in [0, 0.1) is 0 Å². The average molecular weight is 196 g/mol. The number of rotatable bonds is 5. The van der Waals surface area contributed by atoms with E-state index in [-0.39, 0.29) is 0 Å². The fourth-order valence-corrected chi connectivity index (χ4v) is 0.675. The molecule has 0 spiro atoms. The van der Waals surface area contributed by atoms with E-state index in [0.717, 1.165) is 0 Å². The molecule has 78 valence electrons. The highest BCUT2D eigenvalue weighted by molar-refractivity contribution is 5.56. The Morgan fingerprint density at radius 1 is 1.15 bits per heavy atom. The van der Waals surface area contributed by atoms with Crippen LogP contribution in [0.25, 0.3) is 0 Å². The molecule has 4 atom stereocenters. The lowest BCUT2D eigenvalue weighted by Gasteiger charge is -2.21. The average Bonchev–Trinajstić information content (AvgIpc) is 2.14. The molecular formula is C6H12O7. The van der Waals surface area contributed by atoms with Crippen molar-refractivity contribution in [3.05, 3.63) is 0 Å². The Hall–Kier alpha value is -0.730. The molecule has 0 aromatic heterocycles. The SMILES string of the molecule is [O-][O+]=C[C@@H](O)[C@@H](O)[C@H](O)[C@H](O)CO. The van der Waals surface area contributed by atoms with Crippen LogP contribution in [-0.4, -0.2) is 62.8 Å². The molecule has 0 aliphatic carbocycles. The molecule has 7 nitrogen and oxygen atoms in total. The fourth-order valence-electron chi connectivity index (χ4n) is 0.675. The topological polar surface area (TPSA) is 136 Å². The van der Waals surface area contributed by atoms with E-state index in [0.29, 0.717) is 6.29 Å². The van der Waals surface area contributed by atoms with Crippen molar-refractivity contribution in [2.75, 3.05) is 6.61 Å². The molecule has 0 rings (SSSR count). The highest BCUT2D eigenvalue weighted by atomic mass is 17.1. The standard InChI is InChI=1S/C6H12O7/c7-1-3(8)5(10)6(11)4(9)2-13-12/h2-11H,1H2/t3-,4-,5-,6-/m1/s1. The summed E-state index contributed by atoms with van der Waals surface area (Å²) in [6, 6.07) is 0. The molecule has 0 radical (unpaired) electrons. The zero-order valence-corrected chi connectivity index (χ0v) is 6.65. The van der Waals surface area contributed by atoms with Gasteiger partial charge in [-0.05, 0) is 0 Å². The Morgan fingerprint density at radius 3 is 2.08 bits per heavy atom. The maximum atomic E-state index is 9.49. The molecule has 13 heavy (non-hydrogen) atoms. The van der Waals surface area contributed by atoms with Gasteiger partial charge in [-0.25, -0.2) is 0 Å². The lowest BCUT2D eigenvalue weighted by molar-refractivity contribution is -1.04. The van der Waals surface area contributed by atoms with Crippen LogP contribution in [0.15, 0.2) is 0 Å². The minimum absolute atomic E-state index is 0.345. The number of hydrogen-bond acceptors (Lipinski definition) is 6. The summed E-state index contributed by atoms with van der Waals surface area (Å²) < 4.78 is 3.15. The molecule has 0 aromatic carbocycles. The maximum absolute atomic E-state index is 9.49. The van der Waals surface area contributed by atoms with Crippen LogP contribution in [-0.2, 0) is 4.58 Å². The van der Waals surface area contributed by atoms with Crippen molar-refractivity contribution in [1.82, 2.24) is 0 Å². The number of aldehydes is 1. The van der Waals surface area contributed by atoms with Crippen molar-refractivity contribution in [3.63, 3.8) is 0 Å². The normalized spacial score (nSPS) is 21.3. The number of aliphatic hydroxyl groups excluding tert-OH is 5. The minimum atomic E-state index is -1.80. The number of carbonyl (C=O) groups excluding carboxylic acids is 1. The molecule has 0 aliphatic rings. The van der Waals surface area contributed by atoms with E-state index >= 15 is 0 Å². The Labute approximate surface area is 73.7 Å². The number of aliphatic hydroxyl groups is 5.